The number of amides is 3. The Bertz CT molecular complexity index is 1470. The van der Waals surface area contributed by atoms with E-state index < -0.39 is 23.9 Å². The van der Waals surface area contributed by atoms with Crippen LogP contribution in [0.4, 0.5) is 16.2 Å². The Morgan fingerprint density at radius 2 is 1.67 bits per heavy atom. The topological polar surface area (TPSA) is 143 Å². The number of carbonyl (C=O) groups is 3. The number of ether oxygens (including phenoxy) is 1. The fourth-order valence-corrected chi connectivity index (χ4v) is 3.73. The first-order valence-electron chi connectivity index (χ1n) is 11.9. The van der Waals surface area contributed by atoms with Crippen molar-refractivity contribution in [3.8, 4) is 22.8 Å². The second-order valence-electron chi connectivity index (χ2n) is 8.82. The molecular weight excluding hydrogens is 524 g/mol. The van der Waals surface area contributed by atoms with E-state index in [1.165, 1.54) is 6.07 Å². The quantitative estimate of drug-likeness (QED) is 0.193. The molecule has 1 heterocycles. The molecule has 0 bridgehead atoms. The van der Waals surface area contributed by atoms with E-state index in [1.807, 2.05) is 18.2 Å². The fraction of sp³-hybridized carbons (Fsp3) is 0.143. The SMILES string of the molecule is CC(C)C(NC(=O)c1cc(-c2ccc(NC(=O)Nc3cc(Cl)ccc3Oc3ccccc3)cc2)no1)C(=O)O. The molecule has 0 radical (unpaired) electrons. The molecule has 0 saturated heterocycles. The number of carboxylic acids is 1. The molecule has 0 saturated carbocycles. The van der Waals surface area contributed by atoms with Gasteiger partial charge in [-0.15, -0.1) is 0 Å². The monoisotopic (exact) mass is 548 g/mol. The van der Waals surface area contributed by atoms with Crippen molar-refractivity contribution < 1.29 is 28.8 Å². The summed E-state index contributed by atoms with van der Waals surface area (Å²) in [6.07, 6.45) is 0. The molecule has 11 heteroatoms. The van der Waals surface area contributed by atoms with Crippen molar-refractivity contribution in [2.75, 3.05) is 10.6 Å². The van der Waals surface area contributed by atoms with Gasteiger partial charge in [-0.1, -0.05) is 60.9 Å². The van der Waals surface area contributed by atoms with Crippen LogP contribution in [-0.2, 0) is 4.79 Å². The van der Waals surface area contributed by atoms with Crippen molar-refractivity contribution in [1.82, 2.24) is 10.5 Å². The van der Waals surface area contributed by atoms with Crippen molar-refractivity contribution in [1.29, 1.82) is 0 Å². The second-order valence-corrected chi connectivity index (χ2v) is 9.26. The Labute approximate surface area is 228 Å². The predicted molar refractivity (Wildman–Crippen MR) is 146 cm³/mol. The van der Waals surface area contributed by atoms with Crippen LogP contribution in [0.3, 0.4) is 0 Å². The Morgan fingerprint density at radius 3 is 2.33 bits per heavy atom. The molecule has 1 unspecified atom stereocenters. The molecule has 3 aromatic carbocycles. The Hall–Kier alpha value is -4.83. The first-order chi connectivity index (χ1) is 18.7. The highest BCUT2D eigenvalue weighted by Crippen LogP contribution is 2.32. The smallest absolute Gasteiger partial charge is 0.326 e. The number of benzene rings is 3. The van der Waals surface area contributed by atoms with Gasteiger partial charge in [0.05, 0.1) is 5.69 Å². The van der Waals surface area contributed by atoms with Crippen LogP contribution < -0.4 is 20.7 Å². The number of anilines is 2. The Kier molecular flexibility index (Phi) is 8.47. The van der Waals surface area contributed by atoms with Crippen LogP contribution in [0.25, 0.3) is 11.3 Å². The molecule has 200 valence electrons. The van der Waals surface area contributed by atoms with Gasteiger partial charge in [-0.2, -0.15) is 0 Å². The van der Waals surface area contributed by atoms with E-state index in [0.29, 0.717) is 39.2 Å². The maximum absolute atomic E-state index is 12.7. The van der Waals surface area contributed by atoms with E-state index in [4.69, 9.17) is 20.9 Å². The molecule has 1 aromatic heterocycles. The number of nitrogens with zero attached hydrogens (tertiary/aromatic N) is 1. The minimum atomic E-state index is -1.14. The van der Waals surface area contributed by atoms with Gasteiger partial charge >= 0.3 is 12.0 Å². The molecule has 0 spiro atoms. The zero-order valence-electron chi connectivity index (χ0n) is 21.0. The molecule has 10 nitrogen and oxygen atoms in total. The van der Waals surface area contributed by atoms with Crippen LogP contribution >= 0.6 is 11.6 Å². The molecule has 4 N–H and O–H groups in total. The molecule has 4 aromatic rings. The third-order valence-corrected chi connectivity index (χ3v) is 5.79. The molecule has 0 aliphatic rings. The number of rotatable bonds is 9. The largest absolute Gasteiger partial charge is 0.480 e. The first-order valence-corrected chi connectivity index (χ1v) is 12.3. The molecular formula is C28H25ClN4O6. The lowest BCUT2D eigenvalue weighted by Crippen LogP contribution is -2.44. The van der Waals surface area contributed by atoms with Crippen LogP contribution in [0, 0.1) is 5.92 Å². The number of aromatic nitrogens is 1. The molecule has 0 aliphatic heterocycles. The lowest BCUT2D eigenvalue weighted by atomic mass is 10.0. The average Bonchev–Trinajstić information content (AvgIpc) is 3.40. The standard InChI is InChI=1S/C28H25ClN4O6/c1-16(2)25(27(35)36)32-26(34)24-15-21(33-39-24)17-8-11-19(12-9-17)30-28(37)31-22-14-18(29)10-13-23(22)38-20-6-4-3-5-7-20/h3-16,25H,1-2H3,(H,32,34)(H,35,36)(H2,30,31,37). The van der Waals surface area contributed by atoms with Crippen molar-refractivity contribution in [3.05, 3.63) is 89.6 Å². The van der Waals surface area contributed by atoms with Crippen LogP contribution in [0.2, 0.25) is 5.02 Å². The summed E-state index contributed by atoms with van der Waals surface area (Å²) in [4.78, 5) is 36.4. The number of nitrogens with one attached hydrogen (secondary N) is 3. The summed E-state index contributed by atoms with van der Waals surface area (Å²) in [5, 5.41) is 21.5. The zero-order chi connectivity index (χ0) is 27.9. The minimum absolute atomic E-state index is 0.117. The number of para-hydroxylation sites is 1. The van der Waals surface area contributed by atoms with Gasteiger partial charge < -0.3 is 30.3 Å². The second kappa shape index (κ2) is 12.1. The summed E-state index contributed by atoms with van der Waals surface area (Å²) in [7, 11) is 0. The highest BCUT2D eigenvalue weighted by molar-refractivity contribution is 6.31. The van der Waals surface area contributed by atoms with Crippen molar-refractivity contribution in [2.24, 2.45) is 5.92 Å². The first kappa shape index (κ1) is 27.2. The third-order valence-electron chi connectivity index (χ3n) is 5.55. The lowest BCUT2D eigenvalue weighted by molar-refractivity contribution is -0.140. The minimum Gasteiger partial charge on any atom is -0.480 e. The van der Waals surface area contributed by atoms with E-state index >= 15 is 0 Å². The van der Waals surface area contributed by atoms with Gasteiger partial charge in [0.2, 0.25) is 5.76 Å². The average molecular weight is 549 g/mol. The van der Waals surface area contributed by atoms with Gasteiger partial charge in [-0.25, -0.2) is 9.59 Å². The Balaban J connectivity index is 1.39. The molecule has 0 fully saturated rings. The van der Waals surface area contributed by atoms with Gasteiger partial charge in [0.15, 0.2) is 5.75 Å². The van der Waals surface area contributed by atoms with Crippen molar-refractivity contribution >= 4 is 40.9 Å². The van der Waals surface area contributed by atoms with E-state index in [-0.39, 0.29) is 11.7 Å². The highest BCUT2D eigenvalue weighted by Gasteiger charge is 2.26. The summed E-state index contributed by atoms with van der Waals surface area (Å²) in [6.45, 7) is 3.38. The van der Waals surface area contributed by atoms with Crippen LogP contribution in [0.1, 0.15) is 24.4 Å². The normalized spacial score (nSPS) is 11.5. The van der Waals surface area contributed by atoms with Crippen LogP contribution in [0.5, 0.6) is 11.5 Å². The molecule has 3 amide bonds. The molecule has 4 rings (SSSR count). The van der Waals surface area contributed by atoms with Crippen molar-refractivity contribution in [2.45, 2.75) is 19.9 Å². The number of carboxylic acid groups (broad SMARTS) is 1. The highest BCUT2D eigenvalue weighted by atomic mass is 35.5. The number of halogens is 1. The van der Waals surface area contributed by atoms with Gasteiger partial charge in [-0.3, -0.25) is 4.79 Å². The summed E-state index contributed by atoms with van der Waals surface area (Å²) in [5.74, 6) is -1.22. The zero-order valence-corrected chi connectivity index (χ0v) is 21.7. The molecule has 0 aliphatic carbocycles. The molecule has 1 atom stereocenters. The fourth-order valence-electron chi connectivity index (χ4n) is 3.56. The summed E-state index contributed by atoms with van der Waals surface area (Å²) in [6, 6.07) is 20.6. The third kappa shape index (κ3) is 7.14. The maximum atomic E-state index is 12.7. The Morgan fingerprint density at radius 1 is 0.949 bits per heavy atom. The summed E-state index contributed by atoms with van der Waals surface area (Å²) < 4.78 is 11.0. The van der Waals surface area contributed by atoms with E-state index in [9.17, 15) is 19.5 Å². The van der Waals surface area contributed by atoms with Gasteiger partial charge in [-0.05, 0) is 48.4 Å². The number of hydrogen-bond acceptors (Lipinski definition) is 6. The van der Waals surface area contributed by atoms with Gasteiger partial charge in [0.1, 0.15) is 17.5 Å². The predicted octanol–water partition coefficient (Wildman–Crippen LogP) is 6.27. The van der Waals surface area contributed by atoms with Crippen LogP contribution in [-0.4, -0.2) is 34.2 Å². The summed E-state index contributed by atoms with van der Waals surface area (Å²) >= 11 is 6.12. The van der Waals surface area contributed by atoms with Crippen molar-refractivity contribution in [3.63, 3.8) is 0 Å². The maximum Gasteiger partial charge on any atom is 0.326 e. The van der Waals surface area contributed by atoms with Gasteiger partial charge in [0, 0.05) is 22.3 Å². The van der Waals surface area contributed by atoms with Crippen LogP contribution in [0.15, 0.2) is 83.4 Å². The number of urea groups is 1. The number of carbonyl (C=O) groups excluding carboxylic acids is 2. The van der Waals surface area contributed by atoms with E-state index in [1.54, 1.807) is 68.4 Å². The lowest BCUT2D eigenvalue weighted by Gasteiger charge is -2.16. The molecule has 39 heavy (non-hydrogen) atoms. The summed E-state index contributed by atoms with van der Waals surface area (Å²) in [5.41, 5.74) is 1.87. The number of hydrogen-bond donors (Lipinski definition) is 4. The van der Waals surface area contributed by atoms with Gasteiger partial charge in [0.25, 0.3) is 5.91 Å². The number of aliphatic carboxylic acids is 1. The van der Waals surface area contributed by atoms with E-state index in [2.05, 4.69) is 21.1 Å². The van der Waals surface area contributed by atoms with E-state index in [0.717, 1.165) is 0 Å².